The number of aryl methyl sites for hydroxylation is 2. The van der Waals surface area contributed by atoms with Crippen LogP contribution in [0.1, 0.15) is 37.5 Å². The molecule has 146 valence electrons. The van der Waals surface area contributed by atoms with Gasteiger partial charge in [-0.25, -0.2) is 4.79 Å². The molecule has 0 saturated heterocycles. The van der Waals surface area contributed by atoms with Crippen molar-refractivity contribution in [1.82, 2.24) is 0 Å². The van der Waals surface area contributed by atoms with E-state index in [-0.39, 0.29) is 12.0 Å². The fourth-order valence-electron chi connectivity index (χ4n) is 2.66. The van der Waals surface area contributed by atoms with Crippen molar-refractivity contribution in [2.75, 3.05) is 19.5 Å². The van der Waals surface area contributed by atoms with Gasteiger partial charge in [0.05, 0.1) is 7.11 Å². The average Bonchev–Trinajstić information content (AvgIpc) is 2.60. The van der Waals surface area contributed by atoms with Crippen molar-refractivity contribution >= 4 is 17.7 Å². The Balaban J connectivity index is 2.00. The van der Waals surface area contributed by atoms with Gasteiger partial charge in [0.15, 0.2) is 6.61 Å². The summed E-state index contributed by atoms with van der Waals surface area (Å²) in [5.74, 6) is 1.18. The molecule has 0 heterocycles. The van der Waals surface area contributed by atoms with Crippen molar-refractivity contribution in [2.45, 2.75) is 44.4 Å². The molecule has 2 aromatic carbocycles. The van der Waals surface area contributed by atoms with E-state index in [0.29, 0.717) is 11.5 Å². The summed E-state index contributed by atoms with van der Waals surface area (Å²) in [6, 6.07) is 12.6. The molecule has 4 nitrogen and oxygen atoms in total. The predicted octanol–water partition coefficient (Wildman–Crippen LogP) is 5.10. The van der Waals surface area contributed by atoms with Gasteiger partial charge in [-0.3, -0.25) is 0 Å². The molecule has 0 unspecified atom stereocenters. The van der Waals surface area contributed by atoms with Crippen molar-refractivity contribution in [2.24, 2.45) is 0 Å². The van der Waals surface area contributed by atoms with Crippen LogP contribution < -0.4 is 9.47 Å². The number of thioether (sulfide) groups is 1. The van der Waals surface area contributed by atoms with Crippen molar-refractivity contribution in [3.8, 4) is 11.5 Å². The largest absolute Gasteiger partial charge is 0.495 e. The molecule has 0 fully saturated rings. The van der Waals surface area contributed by atoms with Gasteiger partial charge in [0.25, 0.3) is 0 Å². The minimum atomic E-state index is -0.996. The number of aliphatic carboxylic acids is 1. The summed E-state index contributed by atoms with van der Waals surface area (Å²) >= 11 is 1.73. The third-order valence-electron chi connectivity index (χ3n) is 4.28. The van der Waals surface area contributed by atoms with Gasteiger partial charge in [-0.05, 0) is 41.5 Å². The molecule has 0 saturated carbocycles. The van der Waals surface area contributed by atoms with Gasteiger partial charge in [0, 0.05) is 16.7 Å². The third-order valence-corrected chi connectivity index (χ3v) is 5.32. The highest BCUT2D eigenvalue weighted by molar-refractivity contribution is 7.99. The maximum atomic E-state index is 10.7. The second-order valence-corrected chi connectivity index (χ2v) is 8.63. The number of benzene rings is 2. The van der Waals surface area contributed by atoms with Crippen LogP contribution in [0.3, 0.4) is 0 Å². The Bertz CT molecular complexity index is 776. The number of ether oxygens (including phenoxy) is 2. The van der Waals surface area contributed by atoms with Gasteiger partial charge in [-0.1, -0.05) is 45.0 Å². The number of hydrogen-bond acceptors (Lipinski definition) is 4. The van der Waals surface area contributed by atoms with Crippen LogP contribution in [-0.2, 0) is 16.6 Å². The molecule has 0 bridgehead atoms. The van der Waals surface area contributed by atoms with Crippen LogP contribution in [0.15, 0.2) is 41.3 Å². The molecule has 0 atom stereocenters. The Morgan fingerprint density at radius 1 is 1.11 bits per heavy atom. The molecule has 0 amide bonds. The molecule has 0 aliphatic heterocycles. The van der Waals surface area contributed by atoms with Gasteiger partial charge in [-0.2, -0.15) is 0 Å². The first-order valence-corrected chi connectivity index (χ1v) is 9.94. The molecule has 2 aromatic rings. The summed E-state index contributed by atoms with van der Waals surface area (Å²) in [5, 5.41) is 8.77. The van der Waals surface area contributed by atoms with Gasteiger partial charge in [-0.15, -0.1) is 11.8 Å². The molecule has 5 heteroatoms. The lowest BCUT2D eigenvalue weighted by Gasteiger charge is -2.19. The second kappa shape index (κ2) is 9.18. The van der Waals surface area contributed by atoms with E-state index < -0.39 is 5.97 Å². The highest BCUT2D eigenvalue weighted by Gasteiger charge is 2.13. The van der Waals surface area contributed by atoms with Crippen LogP contribution >= 0.6 is 11.8 Å². The normalized spacial score (nSPS) is 11.3. The van der Waals surface area contributed by atoms with Gasteiger partial charge >= 0.3 is 5.97 Å². The zero-order valence-electron chi connectivity index (χ0n) is 16.7. The summed E-state index contributed by atoms with van der Waals surface area (Å²) in [4.78, 5) is 11.7. The Hall–Kier alpha value is -2.14. The molecular weight excluding hydrogens is 360 g/mol. The number of rotatable bonds is 8. The molecule has 0 spiro atoms. The van der Waals surface area contributed by atoms with E-state index in [1.54, 1.807) is 24.9 Å². The van der Waals surface area contributed by atoms with Crippen LogP contribution in [-0.4, -0.2) is 30.5 Å². The topological polar surface area (TPSA) is 55.8 Å². The molecule has 1 N–H and O–H groups in total. The van der Waals surface area contributed by atoms with Crippen molar-refractivity contribution in [3.63, 3.8) is 0 Å². The molecule has 27 heavy (non-hydrogen) atoms. The Morgan fingerprint density at radius 2 is 1.78 bits per heavy atom. The summed E-state index contributed by atoms with van der Waals surface area (Å²) in [5.41, 5.74) is 3.72. The van der Waals surface area contributed by atoms with E-state index in [4.69, 9.17) is 14.6 Å². The predicted molar refractivity (Wildman–Crippen MR) is 110 cm³/mol. The minimum Gasteiger partial charge on any atom is -0.495 e. The van der Waals surface area contributed by atoms with Crippen LogP contribution in [0, 0.1) is 6.92 Å². The van der Waals surface area contributed by atoms with E-state index in [9.17, 15) is 4.79 Å². The second-order valence-electron chi connectivity index (χ2n) is 7.50. The standard InChI is InChI=1S/C22H28O4S/c1-15-12-20(19(25-5)13-18(15)26-14-21(23)24)27-11-10-16-6-8-17(9-7-16)22(2,3)4/h6-9,12-13H,10-11,14H2,1-5H3,(H,23,24). The Kier molecular flexibility index (Phi) is 7.19. The SMILES string of the molecule is COc1cc(OCC(=O)O)c(C)cc1SCCc1ccc(C(C)(C)C)cc1. The van der Waals surface area contributed by atoms with E-state index in [2.05, 4.69) is 45.0 Å². The van der Waals surface area contributed by atoms with Crippen LogP contribution in [0.2, 0.25) is 0 Å². The minimum absolute atomic E-state index is 0.169. The van der Waals surface area contributed by atoms with E-state index in [1.807, 2.05) is 13.0 Å². The monoisotopic (exact) mass is 388 g/mol. The number of methoxy groups -OCH3 is 1. The van der Waals surface area contributed by atoms with Crippen LogP contribution in [0.25, 0.3) is 0 Å². The highest BCUT2D eigenvalue weighted by Crippen LogP contribution is 2.35. The Labute approximate surface area is 165 Å². The first kappa shape index (κ1) is 21.2. The molecule has 0 radical (unpaired) electrons. The summed E-state index contributed by atoms with van der Waals surface area (Å²) in [6.07, 6.45) is 0.967. The van der Waals surface area contributed by atoms with E-state index in [1.165, 1.54) is 11.1 Å². The lowest BCUT2D eigenvalue weighted by atomic mass is 9.86. The zero-order valence-corrected chi connectivity index (χ0v) is 17.5. The number of carboxylic acid groups (broad SMARTS) is 1. The maximum absolute atomic E-state index is 10.7. The number of carboxylic acids is 1. The Morgan fingerprint density at radius 3 is 2.33 bits per heavy atom. The maximum Gasteiger partial charge on any atom is 0.341 e. The smallest absolute Gasteiger partial charge is 0.341 e. The van der Waals surface area contributed by atoms with Crippen molar-refractivity contribution < 1.29 is 19.4 Å². The summed E-state index contributed by atoms with van der Waals surface area (Å²) in [6.45, 7) is 8.20. The number of hydrogen-bond donors (Lipinski definition) is 1. The zero-order chi connectivity index (χ0) is 20.0. The molecular formula is C22H28O4S. The first-order valence-electron chi connectivity index (χ1n) is 8.96. The number of carbonyl (C=O) groups is 1. The third kappa shape index (κ3) is 6.21. The van der Waals surface area contributed by atoms with Gasteiger partial charge in [0.2, 0.25) is 0 Å². The van der Waals surface area contributed by atoms with Crippen LogP contribution in [0.4, 0.5) is 0 Å². The lowest BCUT2D eigenvalue weighted by Crippen LogP contribution is -2.10. The van der Waals surface area contributed by atoms with Gasteiger partial charge < -0.3 is 14.6 Å². The fraction of sp³-hybridized carbons (Fsp3) is 0.409. The highest BCUT2D eigenvalue weighted by atomic mass is 32.2. The van der Waals surface area contributed by atoms with Gasteiger partial charge in [0.1, 0.15) is 11.5 Å². The molecule has 0 aromatic heterocycles. The first-order chi connectivity index (χ1) is 12.7. The van der Waals surface area contributed by atoms with Crippen molar-refractivity contribution in [3.05, 3.63) is 53.1 Å². The molecule has 0 aliphatic rings. The summed E-state index contributed by atoms with van der Waals surface area (Å²) in [7, 11) is 1.61. The summed E-state index contributed by atoms with van der Waals surface area (Å²) < 4.78 is 10.8. The molecule has 0 aliphatic carbocycles. The molecule has 2 rings (SSSR count). The average molecular weight is 389 g/mol. The van der Waals surface area contributed by atoms with E-state index >= 15 is 0 Å². The quantitative estimate of drug-likeness (QED) is 0.638. The van der Waals surface area contributed by atoms with E-state index in [0.717, 1.165) is 22.6 Å². The fourth-order valence-corrected chi connectivity index (χ4v) is 3.76. The lowest BCUT2D eigenvalue weighted by molar-refractivity contribution is -0.139. The van der Waals surface area contributed by atoms with Crippen LogP contribution in [0.5, 0.6) is 11.5 Å². The van der Waals surface area contributed by atoms with Crippen molar-refractivity contribution in [1.29, 1.82) is 0 Å².